The molecular formula is C25H25ClN4O2S. The van der Waals surface area contributed by atoms with Crippen LogP contribution in [0.15, 0.2) is 52.6 Å². The maximum atomic E-state index is 13.0. The van der Waals surface area contributed by atoms with Crippen LogP contribution in [0.4, 0.5) is 0 Å². The van der Waals surface area contributed by atoms with Gasteiger partial charge < -0.3 is 9.88 Å². The van der Waals surface area contributed by atoms with Crippen LogP contribution in [0.3, 0.4) is 0 Å². The van der Waals surface area contributed by atoms with E-state index in [0.29, 0.717) is 34.2 Å². The zero-order chi connectivity index (χ0) is 23.5. The molecule has 1 N–H and O–H groups in total. The zero-order valence-corrected chi connectivity index (χ0v) is 20.3. The zero-order valence-electron chi connectivity index (χ0n) is 18.8. The first kappa shape index (κ1) is 23.1. The van der Waals surface area contributed by atoms with Crippen LogP contribution >= 0.6 is 22.9 Å². The first-order chi connectivity index (χ1) is 15.8. The minimum Gasteiger partial charge on any atom is -0.335 e. The topological polar surface area (TPSA) is 79.0 Å². The van der Waals surface area contributed by atoms with Crippen molar-refractivity contribution in [2.24, 2.45) is 0 Å². The number of halogens is 1. The Hall–Kier alpha value is -3.03. The van der Waals surface area contributed by atoms with Gasteiger partial charge in [-0.05, 0) is 36.6 Å². The largest absolute Gasteiger partial charge is 0.335 e. The van der Waals surface area contributed by atoms with Crippen molar-refractivity contribution in [2.75, 3.05) is 6.54 Å². The number of thiazole rings is 1. The van der Waals surface area contributed by atoms with Gasteiger partial charge in [0.2, 0.25) is 5.91 Å². The van der Waals surface area contributed by atoms with Gasteiger partial charge in [0.15, 0.2) is 0 Å². The van der Waals surface area contributed by atoms with Crippen molar-refractivity contribution in [3.05, 3.63) is 80.3 Å². The van der Waals surface area contributed by atoms with Crippen molar-refractivity contribution in [2.45, 2.75) is 39.7 Å². The third-order valence-corrected chi connectivity index (χ3v) is 6.68. The SMILES string of the molecule is CCN(Cc1nc2cc(Cl)ccc2c(=O)[nH]1)C(=O)Cc1csc(-c2ccc(C(C)C)cc2)n1. The second kappa shape index (κ2) is 9.85. The Bertz CT molecular complexity index is 1340. The number of carbonyl (C=O) groups excluding carboxylic acids is 1. The Labute approximate surface area is 201 Å². The molecule has 0 aliphatic carbocycles. The lowest BCUT2D eigenvalue weighted by atomic mass is 10.0. The summed E-state index contributed by atoms with van der Waals surface area (Å²) in [5.74, 6) is 0.833. The molecule has 0 fully saturated rings. The molecule has 0 spiro atoms. The minimum atomic E-state index is -0.247. The molecule has 33 heavy (non-hydrogen) atoms. The molecule has 0 bridgehead atoms. The van der Waals surface area contributed by atoms with E-state index in [1.165, 1.54) is 16.9 Å². The normalized spacial score (nSPS) is 11.3. The van der Waals surface area contributed by atoms with E-state index in [1.54, 1.807) is 23.1 Å². The highest BCUT2D eigenvalue weighted by molar-refractivity contribution is 7.13. The first-order valence-electron chi connectivity index (χ1n) is 10.8. The molecule has 0 saturated carbocycles. The van der Waals surface area contributed by atoms with Gasteiger partial charge in [0, 0.05) is 22.5 Å². The molecular weight excluding hydrogens is 456 g/mol. The number of nitrogens with zero attached hydrogens (tertiary/aromatic N) is 3. The fraction of sp³-hybridized carbons (Fsp3) is 0.280. The van der Waals surface area contributed by atoms with E-state index in [-0.39, 0.29) is 24.4 Å². The lowest BCUT2D eigenvalue weighted by Crippen LogP contribution is -2.33. The Morgan fingerprint density at radius 2 is 1.91 bits per heavy atom. The molecule has 0 unspecified atom stereocenters. The van der Waals surface area contributed by atoms with Crippen molar-refractivity contribution in [1.82, 2.24) is 19.9 Å². The van der Waals surface area contributed by atoms with Crippen LogP contribution in [-0.2, 0) is 17.8 Å². The summed E-state index contributed by atoms with van der Waals surface area (Å²) in [6.45, 7) is 6.93. The van der Waals surface area contributed by atoms with Crippen LogP contribution in [0.5, 0.6) is 0 Å². The summed E-state index contributed by atoms with van der Waals surface area (Å²) in [5, 5.41) is 3.80. The van der Waals surface area contributed by atoms with Crippen LogP contribution in [0.1, 0.15) is 43.8 Å². The Morgan fingerprint density at radius 3 is 2.61 bits per heavy atom. The van der Waals surface area contributed by atoms with E-state index in [2.05, 4.69) is 53.1 Å². The number of hydrogen-bond acceptors (Lipinski definition) is 5. The number of H-pyrrole nitrogens is 1. The monoisotopic (exact) mass is 480 g/mol. The molecule has 2 heterocycles. The molecule has 170 valence electrons. The van der Waals surface area contributed by atoms with E-state index < -0.39 is 0 Å². The second-order valence-corrected chi connectivity index (χ2v) is 9.47. The molecule has 2 aromatic carbocycles. The number of carbonyl (C=O) groups is 1. The van der Waals surface area contributed by atoms with Gasteiger partial charge in [0.1, 0.15) is 10.8 Å². The number of nitrogens with one attached hydrogen (secondary N) is 1. The van der Waals surface area contributed by atoms with E-state index in [1.807, 2.05) is 12.3 Å². The molecule has 0 radical (unpaired) electrons. The average Bonchev–Trinajstić information content (AvgIpc) is 3.25. The maximum Gasteiger partial charge on any atom is 0.258 e. The molecule has 1 amide bonds. The van der Waals surface area contributed by atoms with Crippen LogP contribution < -0.4 is 5.56 Å². The average molecular weight is 481 g/mol. The summed E-state index contributed by atoms with van der Waals surface area (Å²) < 4.78 is 0. The van der Waals surface area contributed by atoms with Crippen LogP contribution in [0.25, 0.3) is 21.5 Å². The van der Waals surface area contributed by atoms with Gasteiger partial charge in [-0.3, -0.25) is 9.59 Å². The van der Waals surface area contributed by atoms with Gasteiger partial charge in [-0.1, -0.05) is 49.7 Å². The van der Waals surface area contributed by atoms with E-state index in [4.69, 9.17) is 11.6 Å². The molecule has 8 heteroatoms. The van der Waals surface area contributed by atoms with Crippen LogP contribution in [0.2, 0.25) is 5.02 Å². The Kier molecular flexibility index (Phi) is 6.91. The van der Waals surface area contributed by atoms with Crippen molar-refractivity contribution in [1.29, 1.82) is 0 Å². The highest BCUT2D eigenvalue weighted by Gasteiger charge is 2.17. The van der Waals surface area contributed by atoms with Gasteiger partial charge in [-0.2, -0.15) is 0 Å². The standard InChI is InChI=1S/C25H25ClN4O2S/c1-4-30(13-22-28-21-11-18(26)9-10-20(21)24(32)29-22)23(31)12-19-14-33-25(27-19)17-7-5-16(6-8-17)15(2)3/h5-11,14-15H,4,12-13H2,1-3H3,(H,28,29,32). The third kappa shape index (κ3) is 5.31. The van der Waals surface area contributed by atoms with Crippen molar-refractivity contribution in [3.63, 3.8) is 0 Å². The number of aromatic amines is 1. The molecule has 0 aliphatic heterocycles. The summed E-state index contributed by atoms with van der Waals surface area (Å²) in [5.41, 5.74) is 3.33. The van der Waals surface area contributed by atoms with Gasteiger partial charge in [0.25, 0.3) is 5.56 Å². The summed E-state index contributed by atoms with van der Waals surface area (Å²) in [6, 6.07) is 13.3. The van der Waals surface area contributed by atoms with Crippen LogP contribution in [-0.4, -0.2) is 32.3 Å². The van der Waals surface area contributed by atoms with Gasteiger partial charge in [-0.25, -0.2) is 9.97 Å². The summed E-state index contributed by atoms with van der Waals surface area (Å²) in [4.78, 5) is 38.9. The number of likely N-dealkylation sites (N-methyl/N-ethyl adjacent to an activating group) is 1. The Morgan fingerprint density at radius 1 is 1.15 bits per heavy atom. The summed E-state index contributed by atoms with van der Waals surface area (Å²) >= 11 is 7.57. The maximum absolute atomic E-state index is 13.0. The Balaban J connectivity index is 1.47. The number of fused-ring (bicyclic) bond motifs is 1. The van der Waals surface area contributed by atoms with E-state index >= 15 is 0 Å². The number of rotatable bonds is 7. The molecule has 2 aromatic heterocycles. The van der Waals surface area contributed by atoms with Crippen LogP contribution in [0, 0.1) is 0 Å². The molecule has 4 aromatic rings. The molecule has 0 saturated heterocycles. The molecule has 0 aliphatic rings. The van der Waals surface area contributed by atoms with E-state index in [9.17, 15) is 9.59 Å². The number of hydrogen-bond donors (Lipinski definition) is 1. The number of benzene rings is 2. The second-order valence-electron chi connectivity index (χ2n) is 8.18. The van der Waals surface area contributed by atoms with Crippen molar-refractivity contribution >= 4 is 39.7 Å². The fourth-order valence-corrected chi connectivity index (χ4v) is 4.58. The minimum absolute atomic E-state index is 0.0710. The lowest BCUT2D eigenvalue weighted by molar-refractivity contribution is -0.131. The van der Waals surface area contributed by atoms with Crippen molar-refractivity contribution in [3.8, 4) is 10.6 Å². The van der Waals surface area contributed by atoms with Gasteiger partial charge in [0.05, 0.1) is 29.6 Å². The van der Waals surface area contributed by atoms with Gasteiger partial charge >= 0.3 is 0 Å². The first-order valence-corrected chi connectivity index (χ1v) is 12.1. The highest BCUT2D eigenvalue weighted by atomic mass is 35.5. The van der Waals surface area contributed by atoms with E-state index in [0.717, 1.165) is 16.3 Å². The number of amides is 1. The number of aromatic nitrogens is 3. The smallest absolute Gasteiger partial charge is 0.258 e. The quantitative estimate of drug-likeness (QED) is 0.383. The highest BCUT2D eigenvalue weighted by Crippen LogP contribution is 2.26. The summed E-state index contributed by atoms with van der Waals surface area (Å²) in [7, 11) is 0. The van der Waals surface area contributed by atoms with Crippen molar-refractivity contribution < 1.29 is 4.79 Å². The lowest BCUT2D eigenvalue weighted by Gasteiger charge is -2.20. The predicted octanol–water partition coefficient (Wildman–Crippen LogP) is 5.41. The molecule has 4 rings (SSSR count). The summed E-state index contributed by atoms with van der Waals surface area (Å²) in [6.07, 6.45) is 0.193. The van der Waals surface area contributed by atoms with Gasteiger partial charge in [-0.15, -0.1) is 11.3 Å². The molecule has 0 atom stereocenters. The third-order valence-electron chi connectivity index (χ3n) is 5.50. The molecule has 6 nitrogen and oxygen atoms in total. The fourth-order valence-electron chi connectivity index (χ4n) is 3.59. The predicted molar refractivity (Wildman–Crippen MR) is 134 cm³/mol.